The molecule has 3 aliphatic carbocycles. The lowest BCUT2D eigenvalue weighted by Gasteiger charge is -2.56. The first-order valence-corrected chi connectivity index (χ1v) is 11.7. The van der Waals surface area contributed by atoms with Crippen LogP contribution in [0.2, 0.25) is 0 Å². The van der Waals surface area contributed by atoms with Gasteiger partial charge in [-0.25, -0.2) is 0 Å². The molecule has 1 heterocycles. The topological polar surface area (TPSA) is 55.8 Å². The first kappa shape index (κ1) is 21.3. The Labute approximate surface area is 199 Å². The fraction of sp³-hybridized carbons (Fsp3) is 0.310. The van der Waals surface area contributed by atoms with Crippen LogP contribution in [0, 0.1) is 18.8 Å². The van der Waals surface area contributed by atoms with Crippen molar-refractivity contribution in [2.75, 3.05) is 14.2 Å². The van der Waals surface area contributed by atoms with Crippen LogP contribution in [0.25, 0.3) is 0 Å². The largest absolute Gasteiger partial charge is 0.355 e. The lowest BCUT2D eigenvalue weighted by atomic mass is 9.47. The van der Waals surface area contributed by atoms with Crippen molar-refractivity contribution in [3.63, 3.8) is 0 Å². The third-order valence-corrected chi connectivity index (χ3v) is 8.04. The first-order chi connectivity index (χ1) is 16.5. The molecule has 0 aromatic heterocycles. The van der Waals surface area contributed by atoms with Gasteiger partial charge in [-0.2, -0.15) is 0 Å². The summed E-state index contributed by atoms with van der Waals surface area (Å²) in [7, 11) is 3.21. The standard InChI is InChI=1S/C29H27NO4/c1-17-12-14-18(15-13-17)16-30-26(31)24-23-19-8-4-6-10-21(19)29(25(24)27(30)32,28(33-2)34-3)22-11-7-5-9-20(22)23/h4-15,23-25,28H,16H2,1-3H3/t23?,24-,25-,29?/m0/s1. The van der Waals surface area contributed by atoms with Crippen LogP contribution in [0.4, 0.5) is 0 Å². The van der Waals surface area contributed by atoms with Gasteiger partial charge in [-0.3, -0.25) is 14.5 Å². The van der Waals surface area contributed by atoms with Crippen molar-refractivity contribution in [1.82, 2.24) is 4.90 Å². The molecule has 0 radical (unpaired) electrons. The van der Waals surface area contributed by atoms with Crippen LogP contribution in [0.15, 0.2) is 72.8 Å². The average molecular weight is 454 g/mol. The van der Waals surface area contributed by atoms with Crippen molar-refractivity contribution in [2.45, 2.75) is 31.1 Å². The zero-order chi connectivity index (χ0) is 23.6. The number of methoxy groups -OCH3 is 2. The number of nitrogens with zero attached hydrogens (tertiary/aromatic N) is 1. The summed E-state index contributed by atoms with van der Waals surface area (Å²) in [6.45, 7) is 2.29. The van der Waals surface area contributed by atoms with E-state index in [-0.39, 0.29) is 24.3 Å². The van der Waals surface area contributed by atoms with Gasteiger partial charge in [0.25, 0.3) is 0 Å². The maximum atomic E-state index is 14.2. The SMILES string of the molecule is COC(OC)C12c3ccccc3C(c3ccccc31)[C@@H]1C(=O)N(Cc3ccc(C)cc3)C(=O)[C@H]12. The second-order valence-corrected chi connectivity index (χ2v) is 9.58. The van der Waals surface area contributed by atoms with Gasteiger partial charge in [0.05, 0.1) is 23.8 Å². The van der Waals surface area contributed by atoms with Crippen molar-refractivity contribution in [1.29, 1.82) is 0 Å². The number of rotatable bonds is 5. The van der Waals surface area contributed by atoms with Crippen molar-refractivity contribution >= 4 is 11.8 Å². The molecular formula is C29H27NO4. The minimum atomic E-state index is -0.912. The van der Waals surface area contributed by atoms with Crippen LogP contribution in [0.1, 0.15) is 39.3 Å². The van der Waals surface area contributed by atoms with Crippen LogP contribution in [-0.2, 0) is 31.0 Å². The molecule has 3 aromatic carbocycles. The molecule has 0 unspecified atom stereocenters. The van der Waals surface area contributed by atoms with E-state index in [1.165, 1.54) is 4.90 Å². The highest BCUT2D eigenvalue weighted by Gasteiger charge is 2.70. The smallest absolute Gasteiger partial charge is 0.234 e. The average Bonchev–Trinajstić information content (AvgIpc) is 3.12. The summed E-state index contributed by atoms with van der Waals surface area (Å²) >= 11 is 0. The number of ether oxygens (including phenoxy) is 2. The predicted molar refractivity (Wildman–Crippen MR) is 127 cm³/mol. The maximum absolute atomic E-state index is 14.2. The molecule has 1 aliphatic heterocycles. The Hall–Kier alpha value is -3.28. The fourth-order valence-corrected chi connectivity index (χ4v) is 6.79. The molecule has 2 amide bonds. The Morgan fingerprint density at radius 1 is 0.824 bits per heavy atom. The number of imide groups is 1. The second-order valence-electron chi connectivity index (χ2n) is 9.58. The van der Waals surface area contributed by atoms with Crippen LogP contribution in [-0.4, -0.2) is 37.2 Å². The number of aryl methyl sites for hydroxylation is 1. The molecule has 0 spiro atoms. The van der Waals surface area contributed by atoms with Gasteiger partial charge in [-0.05, 0) is 34.7 Å². The minimum Gasteiger partial charge on any atom is -0.355 e. The van der Waals surface area contributed by atoms with E-state index in [9.17, 15) is 9.59 Å². The van der Waals surface area contributed by atoms with Crippen molar-refractivity contribution in [3.05, 3.63) is 106 Å². The number of amides is 2. The highest BCUT2D eigenvalue weighted by atomic mass is 16.7. The molecular weight excluding hydrogens is 426 g/mol. The molecule has 5 nitrogen and oxygen atoms in total. The fourth-order valence-electron chi connectivity index (χ4n) is 6.79. The number of carbonyl (C=O) groups excluding carboxylic acids is 2. The zero-order valence-corrected chi connectivity index (χ0v) is 19.5. The van der Waals surface area contributed by atoms with E-state index in [1.54, 1.807) is 14.2 Å². The van der Waals surface area contributed by atoms with E-state index < -0.39 is 23.5 Å². The molecule has 2 bridgehead atoms. The quantitative estimate of drug-likeness (QED) is 0.430. The van der Waals surface area contributed by atoms with Gasteiger partial charge in [0.2, 0.25) is 11.8 Å². The van der Waals surface area contributed by atoms with Crippen molar-refractivity contribution in [3.8, 4) is 0 Å². The van der Waals surface area contributed by atoms with E-state index in [2.05, 4.69) is 24.3 Å². The van der Waals surface area contributed by atoms with Gasteiger partial charge < -0.3 is 9.47 Å². The van der Waals surface area contributed by atoms with E-state index in [1.807, 2.05) is 55.5 Å². The summed E-state index contributed by atoms with van der Waals surface area (Å²) in [5.74, 6) is -1.52. The van der Waals surface area contributed by atoms with Crippen LogP contribution < -0.4 is 0 Å². The van der Waals surface area contributed by atoms with Gasteiger partial charge in [-0.15, -0.1) is 0 Å². The Morgan fingerprint density at radius 3 is 1.94 bits per heavy atom. The molecule has 5 heteroatoms. The number of likely N-dealkylation sites (tertiary alicyclic amines) is 1. The summed E-state index contributed by atoms with van der Waals surface area (Å²) in [6.07, 6.45) is -0.723. The normalized spacial score (nSPS) is 26.6. The van der Waals surface area contributed by atoms with Crippen LogP contribution >= 0.6 is 0 Å². The summed E-state index contributed by atoms with van der Waals surface area (Å²) in [5.41, 5.74) is 5.38. The Balaban J connectivity index is 1.58. The Kier molecular flexibility index (Phi) is 4.77. The third kappa shape index (κ3) is 2.57. The zero-order valence-electron chi connectivity index (χ0n) is 19.5. The molecule has 7 rings (SSSR count). The van der Waals surface area contributed by atoms with Crippen LogP contribution in [0.3, 0.4) is 0 Å². The number of hydrogen-bond acceptors (Lipinski definition) is 4. The second kappa shape index (κ2) is 7.62. The molecule has 4 aliphatic rings. The van der Waals surface area contributed by atoms with Gasteiger partial charge in [0.1, 0.15) is 0 Å². The summed E-state index contributed by atoms with van der Waals surface area (Å²) in [6, 6.07) is 24.3. The van der Waals surface area contributed by atoms with Crippen LogP contribution in [0.5, 0.6) is 0 Å². The summed E-state index contributed by atoms with van der Waals surface area (Å²) in [4.78, 5) is 29.6. The van der Waals surface area contributed by atoms with E-state index >= 15 is 0 Å². The first-order valence-electron chi connectivity index (χ1n) is 11.7. The van der Waals surface area contributed by atoms with Gasteiger partial charge in [0.15, 0.2) is 6.29 Å². The lowest BCUT2D eigenvalue weighted by Crippen LogP contribution is -2.60. The Morgan fingerprint density at radius 2 is 1.38 bits per heavy atom. The predicted octanol–water partition coefficient (Wildman–Crippen LogP) is 4.16. The molecule has 2 atom stereocenters. The monoisotopic (exact) mass is 453 g/mol. The molecule has 3 aromatic rings. The number of benzene rings is 3. The summed E-state index contributed by atoms with van der Waals surface area (Å²) in [5, 5.41) is 0. The number of carbonyl (C=O) groups is 2. The van der Waals surface area contributed by atoms with E-state index in [0.717, 1.165) is 33.4 Å². The molecule has 0 saturated carbocycles. The minimum absolute atomic E-state index is 0.111. The van der Waals surface area contributed by atoms with Crippen molar-refractivity contribution in [2.24, 2.45) is 11.8 Å². The number of hydrogen-bond donors (Lipinski definition) is 0. The van der Waals surface area contributed by atoms with Gasteiger partial charge in [0, 0.05) is 20.1 Å². The molecule has 1 fully saturated rings. The molecule has 1 saturated heterocycles. The molecule has 172 valence electrons. The van der Waals surface area contributed by atoms with Gasteiger partial charge in [-0.1, -0.05) is 78.4 Å². The van der Waals surface area contributed by atoms with E-state index in [0.29, 0.717) is 0 Å². The molecule has 0 N–H and O–H groups in total. The van der Waals surface area contributed by atoms with Crippen molar-refractivity contribution < 1.29 is 19.1 Å². The Bertz CT molecular complexity index is 1250. The third-order valence-electron chi connectivity index (χ3n) is 8.04. The highest BCUT2D eigenvalue weighted by molar-refractivity contribution is 6.08. The lowest BCUT2D eigenvalue weighted by molar-refractivity contribution is -0.169. The highest BCUT2D eigenvalue weighted by Crippen LogP contribution is 2.65. The van der Waals surface area contributed by atoms with Gasteiger partial charge >= 0.3 is 0 Å². The molecule has 34 heavy (non-hydrogen) atoms. The summed E-state index contributed by atoms with van der Waals surface area (Å²) < 4.78 is 11.9. The maximum Gasteiger partial charge on any atom is 0.234 e. The van der Waals surface area contributed by atoms with E-state index in [4.69, 9.17) is 9.47 Å².